The van der Waals surface area contributed by atoms with Gasteiger partial charge in [-0.3, -0.25) is 29.4 Å². The zero-order chi connectivity index (χ0) is 22.8. The maximum absolute atomic E-state index is 12.7. The molecule has 0 spiro atoms. The van der Waals surface area contributed by atoms with Crippen molar-refractivity contribution in [2.45, 2.75) is 12.8 Å². The minimum atomic E-state index is -0.816. The number of imide groups is 1. The second-order valence-corrected chi connectivity index (χ2v) is 7.52. The molecule has 0 saturated carbocycles. The zero-order valence-corrected chi connectivity index (χ0v) is 16.8. The Morgan fingerprint density at radius 2 is 1.59 bits per heavy atom. The van der Waals surface area contributed by atoms with E-state index in [1.54, 1.807) is 6.07 Å². The number of fused-ring (bicyclic) bond motifs is 1. The molecule has 32 heavy (non-hydrogen) atoms. The summed E-state index contributed by atoms with van der Waals surface area (Å²) in [7, 11) is 0. The molecule has 2 aliphatic rings. The Hall–Kier alpha value is -4.14. The molecule has 1 saturated heterocycles. The maximum atomic E-state index is 12.7. The maximum Gasteiger partial charge on any atom is 0.338 e. The summed E-state index contributed by atoms with van der Waals surface area (Å²) in [4.78, 5) is 61.5. The van der Waals surface area contributed by atoms with Crippen LogP contribution in [0.5, 0.6) is 0 Å². The lowest BCUT2D eigenvalue weighted by molar-refractivity contribution is -0.384. The number of carbonyl (C=O) groups is 4. The SMILES string of the molecule is O=C(COC(=O)c1cccc(N2C(=O)[C@H]3CC=CC[C@@H]3C2=O)c1)c1cccc([N+](=O)[O-])c1. The molecule has 0 N–H and O–H groups in total. The topological polar surface area (TPSA) is 124 Å². The summed E-state index contributed by atoms with van der Waals surface area (Å²) in [5.41, 5.74) is 0.146. The lowest BCUT2D eigenvalue weighted by atomic mass is 9.85. The van der Waals surface area contributed by atoms with Crippen LogP contribution in [0.3, 0.4) is 0 Å². The van der Waals surface area contributed by atoms with Gasteiger partial charge < -0.3 is 4.74 Å². The number of non-ortho nitro benzene ring substituents is 1. The highest BCUT2D eigenvalue weighted by molar-refractivity contribution is 6.22. The molecule has 9 heteroatoms. The van der Waals surface area contributed by atoms with E-state index in [9.17, 15) is 29.3 Å². The van der Waals surface area contributed by atoms with E-state index in [0.717, 1.165) is 11.0 Å². The van der Waals surface area contributed by atoms with Gasteiger partial charge in [0.25, 0.3) is 5.69 Å². The van der Waals surface area contributed by atoms with Crippen molar-refractivity contribution in [2.75, 3.05) is 11.5 Å². The third-order valence-electron chi connectivity index (χ3n) is 5.56. The van der Waals surface area contributed by atoms with Crippen molar-refractivity contribution in [3.8, 4) is 0 Å². The van der Waals surface area contributed by atoms with Crippen LogP contribution in [0, 0.1) is 22.0 Å². The number of nitro benzene ring substituents is 1. The van der Waals surface area contributed by atoms with Crippen LogP contribution in [-0.2, 0) is 14.3 Å². The van der Waals surface area contributed by atoms with Crippen LogP contribution in [-0.4, -0.2) is 35.1 Å². The van der Waals surface area contributed by atoms with Crippen molar-refractivity contribution in [3.63, 3.8) is 0 Å². The number of ketones is 1. The summed E-state index contributed by atoms with van der Waals surface area (Å²) < 4.78 is 5.05. The number of nitrogens with zero attached hydrogens (tertiary/aromatic N) is 2. The van der Waals surface area contributed by atoms with Gasteiger partial charge in [-0.25, -0.2) is 4.79 Å². The lowest BCUT2D eigenvalue weighted by Gasteiger charge is -2.15. The van der Waals surface area contributed by atoms with Gasteiger partial charge in [-0.1, -0.05) is 30.4 Å². The number of carbonyl (C=O) groups excluding carboxylic acids is 4. The van der Waals surface area contributed by atoms with Gasteiger partial charge in [-0.2, -0.15) is 0 Å². The number of hydrogen-bond acceptors (Lipinski definition) is 7. The molecule has 0 unspecified atom stereocenters. The van der Waals surface area contributed by atoms with Crippen molar-refractivity contribution in [3.05, 3.63) is 81.9 Å². The number of nitro groups is 1. The molecule has 162 valence electrons. The van der Waals surface area contributed by atoms with E-state index < -0.39 is 35.1 Å². The molecule has 9 nitrogen and oxygen atoms in total. The Morgan fingerprint density at radius 3 is 2.25 bits per heavy atom. The Kier molecular flexibility index (Phi) is 5.63. The Bertz CT molecular complexity index is 1140. The number of amides is 2. The van der Waals surface area contributed by atoms with Gasteiger partial charge in [-0.15, -0.1) is 0 Å². The first-order valence-corrected chi connectivity index (χ1v) is 9.94. The number of rotatable bonds is 6. The smallest absolute Gasteiger partial charge is 0.338 e. The minimum Gasteiger partial charge on any atom is -0.454 e. The number of Topliss-reactive ketones (excluding diaryl/α,β-unsaturated/α-hetero) is 1. The molecular formula is C23H18N2O7. The standard InChI is InChI=1S/C23H18N2O7/c26-20(14-5-3-8-17(11-14)25(30)31)13-32-23(29)15-6-4-7-16(12-15)24-21(27)18-9-1-2-10-19(18)22(24)28/h1-8,11-12,18-19H,9-10,13H2/t18-,19-/m0/s1. The highest BCUT2D eigenvalue weighted by Gasteiger charge is 2.47. The highest BCUT2D eigenvalue weighted by Crippen LogP contribution is 2.37. The van der Waals surface area contributed by atoms with Gasteiger partial charge in [0, 0.05) is 17.7 Å². The Balaban J connectivity index is 1.46. The van der Waals surface area contributed by atoms with E-state index >= 15 is 0 Å². The predicted molar refractivity (Wildman–Crippen MR) is 112 cm³/mol. The summed E-state index contributed by atoms with van der Waals surface area (Å²) in [5.74, 6) is -2.79. The molecule has 1 aliphatic carbocycles. The number of allylic oxidation sites excluding steroid dienone is 2. The fourth-order valence-electron chi connectivity index (χ4n) is 3.92. The van der Waals surface area contributed by atoms with E-state index in [-0.39, 0.29) is 34.3 Å². The second kappa shape index (κ2) is 8.54. The molecule has 4 rings (SSSR count). The largest absolute Gasteiger partial charge is 0.454 e. The van der Waals surface area contributed by atoms with Crippen LogP contribution in [0.25, 0.3) is 0 Å². The molecule has 0 bridgehead atoms. The number of ether oxygens (including phenoxy) is 1. The molecule has 0 aromatic heterocycles. The molecular weight excluding hydrogens is 416 g/mol. The van der Waals surface area contributed by atoms with Crippen LogP contribution in [0.2, 0.25) is 0 Å². The summed E-state index contributed by atoms with van der Waals surface area (Å²) in [5, 5.41) is 10.9. The molecule has 2 atom stereocenters. The third-order valence-corrected chi connectivity index (χ3v) is 5.56. The number of anilines is 1. The summed E-state index contributed by atoms with van der Waals surface area (Å²) in [6.45, 7) is -0.610. The Morgan fingerprint density at radius 1 is 0.969 bits per heavy atom. The average molecular weight is 434 g/mol. The molecule has 2 aromatic rings. The Labute approximate surface area is 182 Å². The molecule has 1 heterocycles. The van der Waals surface area contributed by atoms with Crippen molar-refractivity contribution in [1.29, 1.82) is 0 Å². The summed E-state index contributed by atoms with van der Waals surface area (Å²) >= 11 is 0. The highest BCUT2D eigenvalue weighted by atomic mass is 16.6. The molecule has 1 fully saturated rings. The lowest BCUT2D eigenvalue weighted by Crippen LogP contribution is -2.31. The van der Waals surface area contributed by atoms with Crippen LogP contribution in [0.4, 0.5) is 11.4 Å². The fourth-order valence-corrected chi connectivity index (χ4v) is 3.92. The zero-order valence-electron chi connectivity index (χ0n) is 16.8. The van der Waals surface area contributed by atoms with Crippen molar-refractivity contribution >= 4 is 34.9 Å². The van der Waals surface area contributed by atoms with E-state index in [1.165, 1.54) is 36.4 Å². The second-order valence-electron chi connectivity index (χ2n) is 7.52. The minimum absolute atomic E-state index is 0.0465. The van der Waals surface area contributed by atoms with Gasteiger partial charge in [0.05, 0.1) is 28.0 Å². The normalized spacial score (nSPS) is 19.6. The van der Waals surface area contributed by atoms with Crippen molar-refractivity contribution in [1.82, 2.24) is 0 Å². The quantitative estimate of drug-likeness (QED) is 0.171. The van der Waals surface area contributed by atoms with Crippen LogP contribution in [0.1, 0.15) is 33.6 Å². The predicted octanol–water partition coefficient (Wildman–Crippen LogP) is 3.09. The van der Waals surface area contributed by atoms with Crippen LogP contribution < -0.4 is 4.90 Å². The number of benzene rings is 2. The number of hydrogen-bond donors (Lipinski definition) is 0. The molecule has 2 aromatic carbocycles. The first kappa shape index (κ1) is 21.1. The molecule has 0 radical (unpaired) electrons. The molecule has 2 amide bonds. The average Bonchev–Trinajstić information content (AvgIpc) is 3.07. The first-order chi connectivity index (χ1) is 15.4. The summed E-state index contributed by atoms with van der Waals surface area (Å²) in [6.07, 6.45) is 4.80. The molecule has 1 aliphatic heterocycles. The number of esters is 1. The summed E-state index contributed by atoms with van der Waals surface area (Å²) in [6, 6.07) is 11.0. The van der Waals surface area contributed by atoms with Crippen molar-refractivity contribution in [2.24, 2.45) is 11.8 Å². The van der Waals surface area contributed by atoms with Crippen LogP contribution in [0.15, 0.2) is 60.7 Å². The van der Waals surface area contributed by atoms with Crippen LogP contribution >= 0.6 is 0 Å². The van der Waals surface area contributed by atoms with Gasteiger partial charge in [0.15, 0.2) is 6.61 Å². The van der Waals surface area contributed by atoms with Crippen molar-refractivity contribution < 1.29 is 28.8 Å². The van der Waals surface area contributed by atoms with E-state index in [1.807, 2.05) is 12.2 Å². The third kappa shape index (κ3) is 3.92. The van der Waals surface area contributed by atoms with Gasteiger partial charge in [-0.05, 0) is 31.0 Å². The van der Waals surface area contributed by atoms with Gasteiger partial charge in [0.1, 0.15) is 0 Å². The first-order valence-electron chi connectivity index (χ1n) is 9.94. The van der Waals surface area contributed by atoms with Gasteiger partial charge in [0.2, 0.25) is 17.6 Å². The van der Waals surface area contributed by atoms with E-state index in [2.05, 4.69) is 0 Å². The van der Waals surface area contributed by atoms with Gasteiger partial charge >= 0.3 is 5.97 Å². The monoisotopic (exact) mass is 434 g/mol. The van der Waals surface area contributed by atoms with E-state index in [4.69, 9.17) is 4.74 Å². The fraction of sp³-hybridized carbons (Fsp3) is 0.217. The van der Waals surface area contributed by atoms with E-state index in [0.29, 0.717) is 12.8 Å².